The van der Waals surface area contributed by atoms with Gasteiger partial charge in [0.25, 0.3) is 0 Å². The quantitative estimate of drug-likeness (QED) is 0.887. The summed E-state index contributed by atoms with van der Waals surface area (Å²) in [5.74, 6) is 0.902. The van der Waals surface area contributed by atoms with Crippen LogP contribution in [0.4, 0.5) is 11.9 Å². The van der Waals surface area contributed by atoms with Crippen LogP contribution in [-0.4, -0.2) is 59.2 Å². The highest BCUT2D eigenvalue weighted by Gasteiger charge is 2.21. The van der Waals surface area contributed by atoms with Gasteiger partial charge in [0.15, 0.2) is 0 Å². The molecule has 2 saturated heterocycles. The topological polar surface area (TPSA) is 80.4 Å². The molecule has 3 heterocycles. The summed E-state index contributed by atoms with van der Waals surface area (Å²) in [6, 6.07) is 0.373. The average molecular weight is 292 g/mol. The van der Waals surface area contributed by atoms with Crippen LogP contribution in [0.25, 0.3) is 0 Å². The maximum Gasteiger partial charge on any atom is 0.323 e. The van der Waals surface area contributed by atoms with E-state index in [-0.39, 0.29) is 12.1 Å². The number of piperidine rings is 2. The van der Waals surface area contributed by atoms with E-state index in [1.54, 1.807) is 0 Å². The Labute approximate surface area is 125 Å². The number of nitrogens with two attached hydrogens (primary N) is 1. The fourth-order valence-corrected chi connectivity index (χ4v) is 2.90. The number of rotatable bonds is 3. The molecule has 0 aliphatic carbocycles. The fraction of sp³-hybridized carbons (Fsp3) is 0.786. The van der Waals surface area contributed by atoms with Crippen LogP contribution < -0.4 is 15.4 Å². The first-order valence-electron chi connectivity index (χ1n) is 7.82. The summed E-state index contributed by atoms with van der Waals surface area (Å²) in [5.41, 5.74) is 5.82. The molecule has 0 saturated carbocycles. The number of likely N-dealkylation sites (tertiary alicyclic amines) is 1. The van der Waals surface area contributed by atoms with Crippen LogP contribution in [0.1, 0.15) is 32.1 Å². The van der Waals surface area contributed by atoms with E-state index in [0.717, 1.165) is 39.0 Å². The SMILES string of the molecule is CN1CCC(Oc2nc(N)nc(N3CCCCC3)n2)CC1. The molecule has 0 bridgehead atoms. The van der Waals surface area contributed by atoms with E-state index in [9.17, 15) is 0 Å². The highest BCUT2D eigenvalue weighted by Crippen LogP contribution is 2.20. The van der Waals surface area contributed by atoms with Crippen molar-refractivity contribution in [1.29, 1.82) is 0 Å². The summed E-state index contributed by atoms with van der Waals surface area (Å²) in [7, 11) is 2.13. The molecular weight excluding hydrogens is 268 g/mol. The molecule has 0 amide bonds. The van der Waals surface area contributed by atoms with Gasteiger partial charge in [0, 0.05) is 26.2 Å². The van der Waals surface area contributed by atoms with Crippen molar-refractivity contribution < 1.29 is 4.74 Å². The molecule has 21 heavy (non-hydrogen) atoms. The number of aromatic nitrogens is 3. The van der Waals surface area contributed by atoms with Gasteiger partial charge in [-0.15, -0.1) is 0 Å². The van der Waals surface area contributed by atoms with E-state index < -0.39 is 0 Å². The lowest BCUT2D eigenvalue weighted by Gasteiger charge is -2.29. The van der Waals surface area contributed by atoms with Crippen molar-refractivity contribution in [3.05, 3.63) is 0 Å². The highest BCUT2D eigenvalue weighted by molar-refractivity contribution is 5.36. The summed E-state index contributed by atoms with van der Waals surface area (Å²) in [4.78, 5) is 17.3. The predicted octanol–water partition coefficient (Wildman–Crippen LogP) is 0.917. The Morgan fingerprint density at radius 2 is 1.71 bits per heavy atom. The molecule has 0 spiro atoms. The summed E-state index contributed by atoms with van der Waals surface area (Å²) in [6.45, 7) is 4.06. The van der Waals surface area contributed by atoms with Crippen LogP contribution in [0, 0.1) is 0 Å². The molecular formula is C14H24N6O. The first kappa shape index (κ1) is 14.3. The second kappa shape index (κ2) is 6.43. The van der Waals surface area contributed by atoms with Crippen molar-refractivity contribution in [3.8, 4) is 6.01 Å². The molecule has 0 radical (unpaired) electrons. The van der Waals surface area contributed by atoms with Gasteiger partial charge in [0.1, 0.15) is 6.10 Å². The van der Waals surface area contributed by atoms with Crippen molar-refractivity contribution in [3.63, 3.8) is 0 Å². The third-order valence-electron chi connectivity index (χ3n) is 4.20. The van der Waals surface area contributed by atoms with Crippen LogP contribution in [0.5, 0.6) is 6.01 Å². The second-order valence-electron chi connectivity index (χ2n) is 5.94. The van der Waals surface area contributed by atoms with E-state index in [1.165, 1.54) is 19.3 Å². The second-order valence-corrected chi connectivity index (χ2v) is 5.94. The minimum atomic E-state index is 0.178. The van der Waals surface area contributed by atoms with Crippen LogP contribution in [0.2, 0.25) is 0 Å². The lowest BCUT2D eigenvalue weighted by atomic mass is 10.1. The molecule has 116 valence electrons. The number of anilines is 2. The zero-order valence-corrected chi connectivity index (χ0v) is 12.7. The Bertz CT molecular complexity index is 469. The zero-order valence-electron chi connectivity index (χ0n) is 12.7. The molecule has 2 N–H and O–H groups in total. The van der Waals surface area contributed by atoms with Gasteiger partial charge in [-0.2, -0.15) is 15.0 Å². The minimum Gasteiger partial charge on any atom is -0.460 e. The number of ether oxygens (including phenoxy) is 1. The number of nitrogens with zero attached hydrogens (tertiary/aromatic N) is 5. The van der Waals surface area contributed by atoms with Crippen LogP contribution in [0.3, 0.4) is 0 Å². The third-order valence-corrected chi connectivity index (χ3v) is 4.20. The van der Waals surface area contributed by atoms with Crippen molar-refractivity contribution in [2.75, 3.05) is 43.9 Å². The fourth-order valence-electron chi connectivity index (χ4n) is 2.90. The summed E-state index contributed by atoms with van der Waals surface area (Å²) >= 11 is 0. The van der Waals surface area contributed by atoms with Gasteiger partial charge in [-0.25, -0.2) is 0 Å². The van der Waals surface area contributed by atoms with Gasteiger partial charge in [0.2, 0.25) is 11.9 Å². The molecule has 2 aliphatic heterocycles. The molecule has 1 aromatic rings. The molecule has 7 nitrogen and oxygen atoms in total. The first-order valence-corrected chi connectivity index (χ1v) is 7.82. The number of nitrogen functional groups attached to an aromatic ring is 1. The Morgan fingerprint density at radius 1 is 1.00 bits per heavy atom. The van der Waals surface area contributed by atoms with Crippen molar-refractivity contribution in [2.24, 2.45) is 0 Å². The van der Waals surface area contributed by atoms with Crippen LogP contribution in [-0.2, 0) is 0 Å². The van der Waals surface area contributed by atoms with Gasteiger partial charge in [0.05, 0.1) is 0 Å². The van der Waals surface area contributed by atoms with Gasteiger partial charge in [-0.05, 0) is 39.2 Å². The predicted molar refractivity (Wildman–Crippen MR) is 81.5 cm³/mol. The molecule has 0 unspecified atom stereocenters. The third kappa shape index (κ3) is 3.72. The normalized spacial score (nSPS) is 21.5. The lowest BCUT2D eigenvalue weighted by Crippen LogP contribution is -2.36. The summed E-state index contributed by atoms with van der Waals surface area (Å²) in [5, 5.41) is 0. The number of hydrogen-bond acceptors (Lipinski definition) is 7. The molecule has 0 aromatic carbocycles. The zero-order chi connectivity index (χ0) is 14.7. The first-order chi connectivity index (χ1) is 10.2. The Hall–Kier alpha value is -1.63. The average Bonchev–Trinajstić information content (AvgIpc) is 2.50. The Balaban J connectivity index is 1.68. The maximum atomic E-state index is 5.92. The minimum absolute atomic E-state index is 0.178. The van der Waals surface area contributed by atoms with E-state index in [4.69, 9.17) is 10.5 Å². The van der Waals surface area contributed by atoms with E-state index in [2.05, 4.69) is 31.8 Å². The largest absolute Gasteiger partial charge is 0.460 e. The Kier molecular flexibility index (Phi) is 4.38. The molecule has 1 aromatic heterocycles. The smallest absolute Gasteiger partial charge is 0.323 e. The van der Waals surface area contributed by atoms with Crippen LogP contribution >= 0.6 is 0 Å². The summed E-state index contributed by atoms with van der Waals surface area (Å²) < 4.78 is 5.92. The molecule has 3 rings (SSSR count). The lowest BCUT2D eigenvalue weighted by molar-refractivity contribution is 0.105. The van der Waals surface area contributed by atoms with Crippen molar-refractivity contribution in [1.82, 2.24) is 19.9 Å². The highest BCUT2D eigenvalue weighted by atomic mass is 16.5. The molecule has 2 fully saturated rings. The van der Waals surface area contributed by atoms with E-state index in [0.29, 0.717) is 12.0 Å². The van der Waals surface area contributed by atoms with E-state index >= 15 is 0 Å². The van der Waals surface area contributed by atoms with Crippen molar-refractivity contribution >= 4 is 11.9 Å². The molecule has 2 aliphatic rings. The van der Waals surface area contributed by atoms with Gasteiger partial charge >= 0.3 is 6.01 Å². The molecule has 0 atom stereocenters. The Morgan fingerprint density at radius 3 is 2.43 bits per heavy atom. The van der Waals surface area contributed by atoms with E-state index in [1.807, 2.05) is 0 Å². The van der Waals surface area contributed by atoms with Gasteiger partial charge in [-0.3, -0.25) is 0 Å². The summed E-state index contributed by atoms with van der Waals surface area (Å²) in [6.07, 6.45) is 5.81. The van der Waals surface area contributed by atoms with Gasteiger partial charge in [-0.1, -0.05) is 0 Å². The monoisotopic (exact) mass is 292 g/mol. The van der Waals surface area contributed by atoms with Gasteiger partial charge < -0.3 is 20.3 Å². The molecule has 7 heteroatoms. The van der Waals surface area contributed by atoms with Crippen molar-refractivity contribution in [2.45, 2.75) is 38.2 Å². The number of hydrogen-bond donors (Lipinski definition) is 1. The van der Waals surface area contributed by atoms with Crippen LogP contribution in [0.15, 0.2) is 0 Å². The maximum absolute atomic E-state index is 5.92. The standard InChI is InChI=1S/C14H24N6O/c1-19-9-5-11(6-10-19)21-14-17-12(15)16-13(18-14)20-7-3-2-4-8-20/h11H,2-10H2,1H3,(H2,15,16,17,18).